The van der Waals surface area contributed by atoms with Gasteiger partial charge in [0.25, 0.3) is 0 Å². The molecule has 0 aliphatic carbocycles. The summed E-state index contributed by atoms with van der Waals surface area (Å²) < 4.78 is 0. The molecular formula is C48H29ClN8. The van der Waals surface area contributed by atoms with Gasteiger partial charge in [0.15, 0.2) is 0 Å². The maximum Gasteiger partial charge on any atom is 0.0738 e. The Hall–Kier alpha value is -7.55. The fraction of sp³-hybridized carbons (Fsp3) is 0. The van der Waals surface area contributed by atoms with E-state index in [-0.39, 0.29) is 0 Å². The maximum absolute atomic E-state index is 7.29. The van der Waals surface area contributed by atoms with Gasteiger partial charge in [-0.3, -0.25) is 19.9 Å². The summed E-state index contributed by atoms with van der Waals surface area (Å²) in [5.41, 5.74) is 15.3. The third kappa shape index (κ3) is 5.70. The van der Waals surface area contributed by atoms with Crippen molar-refractivity contribution in [2.45, 2.75) is 0 Å². The molecule has 2 aromatic carbocycles. The van der Waals surface area contributed by atoms with Crippen LogP contribution in [0.4, 0.5) is 0 Å². The Bertz CT molecular complexity index is 3310. The Morgan fingerprint density at radius 3 is 1.46 bits per heavy atom. The van der Waals surface area contributed by atoms with Crippen LogP contribution in [0.5, 0.6) is 0 Å². The normalized spacial score (nSPS) is 12.2. The minimum atomic E-state index is 0.537. The van der Waals surface area contributed by atoms with Gasteiger partial charge in [-0.05, 0) is 78.9 Å². The Balaban J connectivity index is 1.33. The van der Waals surface area contributed by atoms with Crippen molar-refractivity contribution in [3.05, 3.63) is 168 Å². The van der Waals surface area contributed by atoms with Crippen LogP contribution in [0.3, 0.4) is 0 Å². The Labute approximate surface area is 331 Å². The SMILES string of the molecule is Clc1cc2[nH]c1c(-c1cccnc1)c1nc(c(-c3cccnc3)c3ccc([nH]3)c(-c3cnc4ccccc4c3)c3nc(c2-c2cnc4ccccc4c2)C=C3)C=C1. The van der Waals surface area contributed by atoms with Gasteiger partial charge in [0.1, 0.15) is 0 Å². The Kier molecular flexibility index (Phi) is 7.68. The number of nitrogens with zero attached hydrogens (tertiary/aromatic N) is 6. The number of para-hydroxylation sites is 2. The lowest BCUT2D eigenvalue weighted by Gasteiger charge is -2.07. The van der Waals surface area contributed by atoms with Crippen LogP contribution in [-0.2, 0) is 0 Å². The standard InChI is InChI=1S/C48H29ClN8/c49-34-23-43-46(33-22-29-8-2-4-12-36(29)53-27-33)41-16-15-40(55-41)45(32-21-28-7-1-3-11-35(28)52-26-32)39-14-13-37(54-39)44(30-9-5-19-50-24-30)38-17-18-42(56-38)47(48(34)57-43)31-10-6-20-51-25-31/h1-27,54,57H. The molecule has 2 aliphatic heterocycles. The third-order valence-corrected chi connectivity index (χ3v) is 10.8. The van der Waals surface area contributed by atoms with Crippen LogP contribution in [0.25, 0.3) is 113 Å². The van der Waals surface area contributed by atoms with E-state index in [1.54, 1.807) is 12.4 Å². The predicted octanol–water partition coefficient (Wildman–Crippen LogP) is 11.9. The van der Waals surface area contributed by atoms with Crippen molar-refractivity contribution in [3.63, 3.8) is 0 Å². The molecule has 0 saturated heterocycles. The largest absolute Gasteiger partial charge is 0.354 e. The van der Waals surface area contributed by atoms with Crippen LogP contribution in [0.2, 0.25) is 5.02 Å². The van der Waals surface area contributed by atoms with Crippen LogP contribution >= 0.6 is 11.6 Å². The third-order valence-electron chi connectivity index (χ3n) is 10.5. The summed E-state index contributed by atoms with van der Waals surface area (Å²) in [6.07, 6.45) is 19.3. The molecule has 2 aliphatic rings. The first-order chi connectivity index (χ1) is 28.1. The Morgan fingerprint density at radius 1 is 0.421 bits per heavy atom. The van der Waals surface area contributed by atoms with Crippen LogP contribution in [0.15, 0.2) is 140 Å². The van der Waals surface area contributed by atoms with E-state index in [1.807, 2.05) is 97.6 Å². The van der Waals surface area contributed by atoms with Crippen molar-refractivity contribution in [2.75, 3.05) is 0 Å². The fourth-order valence-electron chi connectivity index (χ4n) is 7.90. The molecule has 8 nitrogen and oxygen atoms in total. The Morgan fingerprint density at radius 2 is 0.912 bits per heavy atom. The number of halogens is 1. The first-order valence-electron chi connectivity index (χ1n) is 18.5. The highest BCUT2D eigenvalue weighted by Gasteiger charge is 2.21. The van der Waals surface area contributed by atoms with Gasteiger partial charge in [0.05, 0.1) is 49.9 Å². The van der Waals surface area contributed by atoms with Gasteiger partial charge in [0, 0.05) is 103 Å². The number of hydrogen-bond donors (Lipinski definition) is 2. The fourth-order valence-corrected chi connectivity index (χ4v) is 8.15. The first kappa shape index (κ1) is 32.8. The molecule has 8 bridgehead atoms. The monoisotopic (exact) mass is 752 g/mol. The zero-order valence-electron chi connectivity index (χ0n) is 30.1. The molecule has 11 rings (SSSR count). The van der Waals surface area contributed by atoms with E-state index in [4.69, 9.17) is 31.5 Å². The summed E-state index contributed by atoms with van der Waals surface area (Å²) in [5.74, 6) is 0. The topological polar surface area (TPSA) is 109 Å². The van der Waals surface area contributed by atoms with Gasteiger partial charge >= 0.3 is 0 Å². The highest BCUT2D eigenvalue weighted by Crippen LogP contribution is 2.40. The quantitative estimate of drug-likeness (QED) is 0.185. The average Bonchev–Trinajstić information content (AvgIpc) is 4.09. The number of aromatic nitrogens is 8. The summed E-state index contributed by atoms with van der Waals surface area (Å²) in [7, 11) is 0. The highest BCUT2D eigenvalue weighted by molar-refractivity contribution is 6.35. The molecule has 268 valence electrons. The van der Waals surface area contributed by atoms with E-state index >= 15 is 0 Å². The van der Waals surface area contributed by atoms with Gasteiger partial charge in [-0.2, -0.15) is 0 Å². The molecule has 0 amide bonds. The zero-order chi connectivity index (χ0) is 37.9. The summed E-state index contributed by atoms with van der Waals surface area (Å²) in [6.45, 7) is 0. The molecular weight excluding hydrogens is 724 g/mol. The van der Waals surface area contributed by atoms with E-state index in [2.05, 4.69) is 74.6 Å². The molecule has 7 aromatic heterocycles. The summed E-state index contributed by atoms with van der Waals surface area (Å²) in [4.78, 5) is 37.0. The average molecular weight is 753 g/mol. The van der Waals surface area contributed by atoms with Gasteiger partial charge in [0.2, 0.25) is 0 Å². The van der Waals surface area contributed by atoms with Crippen molar-refractivity contribution in [3.8, 4) is 44.5 Å². The molecule has 2 N–H and O–H groups in total. The highest BCUT2D eigenvalue weighted by atomic mass is 35.5. The second kappa shape index (κ2) is 13.3. The van der Waals surface area contributed by atoms with Gasteiger partial charge in [-0.15, -0.1) is 0 Å². The van der Waals surface area contributed by atoms with Crippen molar-refractivity contribution < 1.29 is 0 Å². The molecule has 0 atom stereocenters. The second-order valence-electron chi connectivity index (χ2n) is 13.9. The molecule has 9 heteroatoms. The number of hydrogen-bond acceptors (Lipinski definition) is 6. The number of aromatic amines is 2. The molecule has 0 radical (unpaired) electrons. The van der Waals surface area contributed by atoms with Crippen molar-refractivity contribution in [2.24, 2.45) is 0 Å². The molecule has 9 heterocycles. The first-order valence-corrected chi connectivity index (χ1v) is 18.9. The maximum atomic E-state index is 7.29. The van der Waals surface area contributed by atoms with Crippen LogP contribution in [0, 0.1) is 0 Å². The smallest absolute Gasteiger partial charge is 0.0738 e. The van der Waals surface area contributed by atoms with Crippen molar-refractivity contribution in [1.82, 2.24) is 39.9 Å². The molecule has 9 aromatic rings. The summed E-state index contributed by atoms with van der Waals surface area (Å²) >= 11 is 7.29. The lowest BCUT2D eigenvalue weighted by molar-refractivity contribution is 1.28. The van der Waals surface area contributed by atoms with Gasteiger partial charge in [-0.25, -0.2) is 9.97 Å². The van der Waals surface area contributed by atoms with Crippen LogP contribution in [-0.4, -0.2) is 39.9 Å². The zero-order valence-corrected chi connectivity index (χ0v) is 30.9. The number of benzene rings is 2. The van der Waals surface area contributed by atoms with E-state index < -0.39 is 0 Å². The molecule has 0 saturated carbocycles. The van der Waals surface area contributed by atoms with Gasteiger partial charge < -0.3 is 9.97 Å². The second-order valence-corrected chi connectivity index (χ2v) is 14.3. The number of pyridine rings is 4. The number of H-pyrrole nitrogens is 2. The van der Waals surface area contributed by atoms with Crippen LogP contribution in [0.1, 0.15) is 22.8 Å². The van der Waals surface area contributed by atoms with E-state index in [0.29, 0.717) is 10.5 Å². The van der Waals surface area contributed by atoms with Crippen molar-refractivity contribution >= 4 is 79.8 Å². The van der Waals surface area contributed by atoms with Crippen molar-refractivity contribution in [1.29, 1.82) is 0 Å². The molecule has 0 fully saturated rings. The van der Waals surface area contributed by atoms with Crippen LogP contribution < -0.4 is 0 Å². The number of fused-ring (bicyclic) bond motifs is 10. The molecule has 0 unspecified atom stereocenters. The van der Waals surface area contributed by atoms with Gasteiger partial charge in [-0.1, -0.05) is 60.1 Å². The lowest BCUT2D eigenvalue weighted by atomic mass is 10.0. The number of rotatable bonds is 4. The van der Waals surface area contributed by atoms with E-state index in [0.717, 1.165) is 106 Å². The lowest BCUT2D eigenvalue weighted by Crippen LogP contribution is -1.91. The minimum absolute atomic E-state index is 0.537. The minimum Gasteiger partial charge on any atom is -0.354 e. The van der Waals surface area contributed by atoms with E-state index in [9.17, 15) is 0 Å². The molecule has 57 heavy (non-hydrogen) atoms. The van der Waals surface area contributed by atoms with E-state index in [1.165, 1.54) is 0 Å². The summed E-state index contributed by atoms with van der Waals surface area (Å²) in [5, 5.41) is 2.59. The number of nitrogens with one attached hydrogen (secondary N) is 2. The summed E-state index contributed by atoms with van der Waals surface area (Å²) in [6, 6.07) is 34.7. The predicted molar refractivity (Wildman–Crippen MR) is 232 cm³/mol. The molecule has 0 spiro atoms.